The van der Waals surface area contributed by atoms with Gasteiger partial charge < -0.3 is 4.74 Å². The molecule has 2 heterocycles. The molecule has 0 bridgehead atoms. The molecule has 0 radical (unpaired) electrons. The van der Waals surface area contributed by atoms with Crippen LogP contribution in [0.5, 0.6) is 5.75 Å². The van der Waals surface area contributed by atoms with Gasteiger partial charge in [0.2, 0.25) is 0 Å². The Bertz CT molecular complexity index is 917. The number of Topliss-reactive ketones (excluding diaryl/α,β-unsaturated/α-hetero) is 1. The predicted molar refractivity (Wildman–Crippen MR) is 80.1 cm³/mol. The maximum Gasteiger partial charge on any atom is 0.258 e. The minimum Gasteiger partial charge on any atom is -0.487 e. The lowest BCUT2D eigenvalue weighted by Crippen LogP contribution is -2.14. The van der Waals surface area contributed by atoms with Crippen LogP contribution < -0.4 is 10.3 Å². The summed E-state index contributed by atoms with van der Waals surface area (Å²) in [6, 6.07) is 5.11. The molecule has 0 saturated carbocycles. The fourth-order valence-corrected chi connectivity index (χ4v) is 2.76. The molecule has 0 fully saturated rings. The molecular formula is C15H11FN2O3S. The van der Waals surface area contributed by atoms with Gasteiger partial charge >= 0.3 is 0 Å². The van der Waals surface area contributed by atoms with Crippen molar-refractivity contribution in [1.29, 1.82) is 0 Å². The predicted octanol–water partition coefficient (Wildman–Crippen LogP) is 2.68. The molecule has 22 heavy (non-hydrogen) atoms. The summed E-state index contributed by atoms with van der Waals surface area (Å²) in [7, 11) is 0. The van der Waals surface area contributed by atoms with E-state index in [9.17, 15) is 14.0 Å². The molecule has 0 aliphatic rings. The maximum atomic E-state index is 13.2. The molecule has 7 heteroatoms. The first-order chi connectivity index (χ1) is 10.5. The smallest absolute Gasteiger partial charge is 0.258 e. The van der Waals surface area contributed by atoms with E-state index in [1.807, 2.05) is 0 Å². The lowest BCUT2D eigenvalue weighted by atomic mass is 10.1. The van der Waals surface area contributed by atoms with Crippen LogP contribution in [0.15, 0.2) is 40.6 Å². The van der Waals surface area contributed by atoms with E-state index in [1.165, 1.54) is 40.9 Å². The van der Waals surface area contributed by atoms with Gasteiger partial charge in [-0.3, -0.25) is 14.0 Å². The number of hydrogen-bond acceptors (Lipinski definition) is 5. The van der Waals surface area contributed by atoms with Crippen LogP contribution in [0.4, 0.5) is 4.39 Å². The average Bonchev–Trinajstić information content (AvgIpc) is 2.94. The number of halogens is 1. The quantitative estimate of drug-likeness (QED) is 0.694. The van der Waals surface area contributed by atoms with E-state index in [0.717, 1.165) is 6.07 Å². The molecule has 1 aromatic carbocycles. The maximum absolute atomic E-state index is 13.2. The number of nitrogens with zero attached hydrogens (tertiary/aromatic N) is 2. The molecule has 3 rings (SSSR count). The first-order valence-corrected chi connectivity index (χ1v) is 7.31. The molecule has 0 saturated heterocycles. The van der Waals surface area contributed by atoms with Crippen LogP contribution >= 0.6 is 11.3 Å². The number of benzene rings is 1. The molecule has 0 aliphatic heterocycles. The van der Waals surface area contributed by atoms with E-state index in [-0.39, 0.29) is 29.3 Å². The Hall–Kier alpha value is -2.54. The van der Waals surface area contributed by atoms with Gasteiger partial charge in [0.25, 0.3) is 5.56 Å². The van der Waals surface area contributed by atoms with E-state index >= 15 is 0 Å². The van der Waals surface area contributed by atoms with Crippen LogP contribution in [-0.4, -0.2) is 15.2 Å². The van der Waals surface area contributed by atoms with Gasteiger partial charge in [0, 0.05) is 17.6 Å². The van der Waals surface area contributed by atoms with Crippen molar-refractivity contribution >= 4 is 22.1 Å². The van der Waals surface area contributed by atoms with E-state index in [1.54, 1.807) is 11.6 Å². The van der Waals surface area contributed by atoms with Crippen molar-refractivity contribution in [3.05, 3.63) is 63.3 Å². The molecule has 0 N–H and O–H groups in total. The highest BCUT2D eigenvalue weighted by atomic mass is 32.1. The van der Waals surface area contributed by atoms with Crippen LogP contribution in [0.1, 0.15) is 23.0 Å². The highest BCUT2D eigenvalue weighted by molar-refractivity contribution is 7.15. The largest absolute Gasteiger partial charge is 0.487 e. The van der Waals surface area contributed by atoms with E-state index in [0.29, 0.717) is 10.7 Å². The zero-order chi connectivity index (χ0) is 15.7. The van der Waals surface area contributed by atoms with Crippen LogP contribution in [-0.2, 0) is 6.61 Å². The second-order valence-electron chi connectivity index (χ2n) is 4.63. The Kier molecular flexibility index (Phi) is 3.72. The van der Waals surface area contributed by atoms with Crippen molar-refractivity contribution < 1.29 is 13.9 Å². The zero-order valence-electron chi connectivity index (χ0n) is 11.6. The fraction of sp³-hybridized carbons (Fsp3) is 0.133. The van der Waals surface area contributed by atoms with Crippen molar-refractivity contribution in [2.45, 2.75) is 13.5 Å². The van der Waals surface area contributed by atoms with Gasteiger partial charge in [-0.1, -0.05) is 0 Å². The molecule has 0 unspecified atom stereocenters. The van der Waals surface area contributed by atoms with Crippen LogP contribution in [0, 0.1) is 5.82 Å². The minimum atomic E-state index is -0.506. The molecule has 0 spiro atoms. The highest BCUT2D eigenvalue weighted by Gasteiger charge is 2.11. The van der Waals surface area contributed by atoms with E-state index in [2.05, 4.69) is 4.98 Å². The summed E-state index contributed by atoms with van der Waals surface area (Å²) in [5, 5.41) is 1.77. The molecule has 5 nitrogen and oxygen atoms in total. The summed E-state index contributed by atoms with van der Waals surface area (Å²) in [5.74, 6) is -0.535. The van der Waals surface area contributed by atoms with Gasteiger partial charge in [-0.25, -0.2) is 9.37 Å². The van der Waals surface area contributed by atoms with Gasteiger partial charge in [-0.2, -0.15) is 0 Å². The fourth-order valence-electron chi connectivity index (χ4n) is 2.02. The topological polar surface area (TPSA) is 60.7 Å². The number of fused-ring (bicyclic) bond motifs is 1. The number of aromatic nitrogens is 2. The molecule has 2 aromatic heterocycles. The van der Waals surface area contributed by atoms with Gasteiger partial charge in [-0.15, -0.1) is 11.3 Å². The van der Waals surface area contributed by atoms with Crippen LogP contribution in [0.2, 0.25) is 0 Å². The lowest BCUT2D eigenvalue weighted by Gasteiger charge is -2.09. The number of hydrogen-bond donors (Lipinski definition) is 0. The van der Waals surface area contributed by atoms with Gasteiger partial charge in [-0.05, 0) is 25.1 Å². The zero-order valence-corrected chi connectivity index (χ0v) is 12.4. The van der Waals surface area contributed by atoms with Crippen molar-refractivity contribution in [1.82, 2.24) is 9.38 Å². The summed E-state index contributed by atoms with van der Waals surface area (Å²) in [6.45, 7) is 1.36. The second-order valence-corrected chi connectivity index (χ2v) is 5.50. The first-order valence-electron chi connectivity index (χ1n) is 6.43. The minimum absolute atomic E-state index is 0.0234. The third kappa shape index (κ3) is 2.75. The first kappa shape index (κ1) is 14.4. The monoisotopic (exact) mass is 318 g/mol. The molecular weight excluding hydrogens is 307 g/mol. The second kappa shape index (κ2) is 5.69. The van der Waals surface area contributed by atoms with Crippen molar-refractivity contribution in [2.75, 3.05) is 0 Å². The number of carbonyl (C=O) groups is 1. The van der Waals surface area contributed by atoms with Crippen LogP contribution in [0.25, 0.3) is 4.96 Å². The SMILES string of the molecule is CC(=O)c1cc(F)ccc1OCc1cc(=O)n2ccsc2n1. The van der Waals surface area contributed by atoms with Gasteiger partial charge in [0.1, 0.15) is 18.2 Å². The summed E-state index contributed by atoms with van der Waals surface area (Å²) in [4.78, 5) is 28.2. The number of carbonyl (C=O) groups excluding carboxylic acids is 1. The standard InChI is InChI=1S/C15H11FN2O3S/c1-9(19)12-6-10(16)2-3-13(12)21-8-11-7-14(20)18-4-5-22-15(18)17-11/h2-7H,8H2,1H3. The Morgan fingerprint density at radius 1 is 1.41 bits per heavy atom. The summed E-state index contributed by atoms with van der Waals surface area (Å²) in [5.41, 5.74) is 0.413. The third-order valence-electron chi connectivity index (χ3n) is 3.05. The van der Waals surface area contributed by atoms with Crippen molar-refractivity contribution in [3.8, 4) is 5.75 Å². The number of rotatable bonds is 4. The number of thiazole rings is 1. The van der Waals surface area contributed by atoms with Crippen molar-refractivity contribution in [2.24, 2.45) is 0 Å². The molecule has 0 atom stereocenters. The Balaban J connectivity index is 1.88. The molecule has 112 valence electrons. The average molecular weight is 318 g/mol. The summed E-state index contributed by atoms with van der Waals surface area (Å²) in [6.07, 6.45) is 1.65. The molecule has 3 aromatic rings. The number of ether oxygens (including phenoxy) is 1. The van der Waals surface area contributed by atoms with Gasteiger partial charge in [0.05, 0.1) is 11.3 Å². The Morgan fingerprint density at radius 3 is 3.00 bits per heavy atom. The molecule has 0 aliphatic carbocycles. The van der Waals surface area contributed by atoms with Gasteiger partial charge in [0.15, 0.2) is 10.7 Å². The van der Waals surface area contributed by atoms with E-state index in [4.69, 9.17) is 4.74 Å². The number of ketones is 1. The Labute approximate surface area is 128 Å². The molecule has 0 amide bonds. The normalized spacial score (nSPS) is 10.8. The highest BCUT2D eigenvalue weighted by Crippen LogP contribution is 2.21. The summed E-state index contributed by atoms with van der Waals surface area (Å²) >= 11 is 1.34. The lowest BCUT2D eigenvalue weighted by molar-refractivity contribution is 0.101. The van der Waals surface area contributed by atoms with Crippen molar-refractivity contribution in [3.63, 3.8) is 0 Å². The van der Waals surface area contributed by atoms with Crippen LogP contribution in [0.3, 0.4) is 0 Å². The third-order valence-corrected chi connectivity index (χ3v) is 3.81. The Morgan fingerprint density at radius 2 is 2.23 bits per heavy atom. The summed E-state index contributed by atoms with van der Waals surface area (Å²) < 4.78 is 20.2. The van der Waals surface area contributed by atoms with E-state index < -0.39 is 5.82 Å².